The molecule has 0 bridgehead atoms. The van der Waals surface area contributed by atoms with Gasteiger partial charge in [0.15, 0.2) is 0 Å². The normalized spacial score (nSPS) is 11.4. The average molecular weight is 299 g/mol. The van der Waals surface area contributed by atoms with Crippen LogP contribution in [0.25, 0.3) is 0 Å². The Bertz CT molecular complexity index is 526. The molecule has 0 aliphatic carbocycles. The first kappa shape index (κ1) is 14.4. The van der Waals surface area contributed by atoms with Crippen LogP contribution in [-0.4, -0.2) is 22.6 Å². The first-order valence-electron chi connectivity index (χ1n) is 4.62. The monoisotopic (exact) mass is 298 g/mol. The maximum Gasteiger partial charge on any atom is 0.236 e. The molecule has 1 aromatic carbocycles. The van der Waals surface area contributed by atoms with Gasteiger partial charge in [-0.1, -0.05) is 11.6 Å². The number of benzene rings is 1. The summed E-state index contributed by atoms with van der Waals surface area (Å²) in [5.74, 6) is 0.525. The van der Waals surface area contributed by atoms with Crippen molar-refractivity contribution in [3.05, 3.63) is 22.2 Å². The SMILES string of the molecule is COc1c(Cl)cc(CS(=O)(=O)Cl)c(OC)c1C. The van der Waals surface area contributed by atoms with Crippen LogP contribution in [0.1, 0.15) is 11.1 Å². The van der Waals surface area contributed by atoms with Crippen molar-refractivity contribution in [3.8, 4) is 11.5 Å². The van der Waals surface area contributed by atoms with Gasteiger partial charge in [-0.2, -0.15) is 0 Å². The van der Waals surface area contributed by atoms with E-state index < -0.39 is 9.05 Å². The minimum Gasteiger partial charge on any atom is -0.496 e. The van der Waals surface area contributed by atoms with Gasteiger partial charge < -0.3 is 9.47 Å². The molecule has 1 rings (SSSR count). The molecule has 0 aliphatic heterocycles. The molecule has 0 saturated heterocycles. The summed E-state index contributed by atoms with van der Waals surface area (Å²) in [6.45, 7) is 1.73. The molecule has 0 radical (unpaired) electrons. The predicted molar refractivity (Wildman–Crippen MR) is 67.8 cm³/mol. The molecule has 0 N–H and O–H groups in total. The summed E-state index contributed by atoms with van der Waals surface area (Å²) in [6.07, 6.45) is 0. The molecule has 0 atom stereocenters. The lowest BCUT2D eigenvalue weighted by molar-refractivity contribution is 0.386. The lowest BCUT2D eigenvalue weighted by atomic mass is 10.1. The highest BCUT2D eigenvalue weighted by atomic mass is 35.7. The van der Waals surface area contributed by atoms with Crippen LogP contribution in [0.3, 0.4) is 0 Å². The highest BCUT2D eigenvalue weighted by Crippen LogP contribution is 2.38. The van der Waals surface area contributed by atoms with Crippen LogP contribution in [0.4, 0.5) is 0 Å². The molecule has 7 heteroatoms. The van der Waals surface area contributed by atoms with Crippen LogP contribution in [0.5, 0.6) is 11.5 Å². The van der Waals surface area contributed by atoms with Crippen molar-refractivity contribution in [2.24, 2.45) is 0 Å². The zero-order valence-electron chi connectivity index (χ0n) is 9.58. The molecule has 0 amide bonds. The first-order chi connectivity index (χ1) is 7.80. The Morgan fingerprint density at radius 2 is 1.76 bits per heavy atom. The van der Waals surface area contributed by atoms with Crippen molar-refractivity contribution in [1.29, 1.82) is 0 Å². The molecule has 17 heavy (non-hydrogen) atoms. The van der Waals surface area contributed by atoms with Crippen LogP contribution in [-0.2, 0) is 14.8 Å². The van der Waals surface area contributed by atoms with E-state index in [9.17, 15) is 8.42 Å². The summed E-state index contributed by atoms with van der Waals surface area (Å²) < 4.78 is 32.4. The number of hydrogen-bond acceptors (Lipinski definition) is 4. The quantitative estimate of drug-likeness (QED) is 0.802. The van der Waals surface area contributed by atoms with Crippen LogP contribution >= 0.6 is 22.3 Å². The third kappa shape index (κ3) is 3.40. The maximum absolute atomic E-state index is 11.1. The van der Waals surface area contributed by atoms with E-state index in [-0.39, 0.29) is 5.75 Å². The Morgan fingerprint density at radius 1 is 1.24 bits per heavy atom. The molecule has 96 valence electrons. The van der Waals surface area contributed by atoms with Crippen molar-refractivity contribution >= 4 is 31.3 Å². The molecule has 0 aliphatic rings. The number of rotatable bonds is 4. The third-order valence-electron chi connectivity index (χ3n) is 2.23. The molecular weight excluding hydrogens is 287 g/mol. The molecule has 0 aromatic heterocycles. The molecule has 1 aromatic rings. The van der Waals surface area contributed by atoms with Crippen LogP contribution in [0.2, 0.25) is 5.02 Å². The van der Waals surface area contributed by atoms with Gasteiger partial charge in [0.1, 0.15) is 11.5 Å². The Labute approximate surface area is 110 Å². The van der Waals surface area contributed by atoms with E-state index in [1.807, 2.05) is 0 Å². The molecular formula is C10H12Cl2O4S. The number of hydrogen-bond donors (Lipinski definition) is 0. The van der Waals surface area contributed by atoms with Gasteiger partial charge in [-0.05, 0) is 13.0 Å². The fraction of sp³-hybridized carbons (Fsp3) is 0.400. The van der Waals surface area contributed by atoms with Crippen molar-refractivity contribution in [1.82, 2.24) is 0 Å². The number of halogens is 2. The summed E-state index contributed by atoms with van der Waals surface area (Å²) >= 11 is 5.97. The lowest BCUT2D eigenvalue weighted by Gasteiger charge is -2.15. The van der Waals surface area contributed by atoms with Gasteiger partial charge in [0.2, 0.25) is 9.05 Å². The van der Waals surface area contributed by atoms with Crippen LogP contribution in [0.15, 0.2) is 6.07 Å². The van der Waals surface area contributed by atoms with Gasteiger partial charge in [0.25, 0.3) is 0 Å². The summed E-state index contributed by atoms with van der Waals surface area (Å²) in [5, 5.41) is 0.320. The lowest BCUT2D eigenvalue weighted by Crippen LogP contribution is -2.02. The van der Waals surface area contributed by atoms with E-state index in [0.717, 1.165) is 0 Å². The highest BCUT2D eigenvalue weighted by Gasteiger charge is 2.19. The van der Waals surface area contributed by atoms with Gasteiger partial charge in [-0.3, -0.25) is 0 Å². The van der Waals surface area contributed by atoms with Crippen molar-refractivity contribution in [2.75, 3.05) is 14.2 Å². The standard InChI is InChI=1S/C10H12Cl2O4S/c1-6-9(15-2)7(5-17(12,13)14)4-8(11)10(6)16-3/h4H,5H2,1-3H3. The third-order valence-corrected chi connectivity index (χ3v) is 3.49. The largest absolute Gasteiger partial charge is 0.496 e. The summed E-state index contributed by atoms with van der Waals surface area (Å²) in [5.41, 5.74) is 1.05. The Hall–Kier alpha value is -0.650. The van der Waals surface area contributed by atoms with E-state index in [0.29, 0.717) is 27.6 Å². The molecule has 0 heterocycles. The molecule has 0 spiro atoms. The van der Waals surface area contributed by atoms with Gasteiger partial charge >= 0.3 is 0 Å². The van der Waals surface area contributed by atoms with Crippen LogP contribution in [0, 0.1) is 6.92 Å². The van der Waals surface area contributed by atoms with Gasteiger partial charge in [0, 0.05) is 21.8 Å². The van der Waals surface area contributed by atoms with Gasteiger partial charge in [-0.25, -0.2) is 8.42 Å². The van der Waals surface area contributed by atoms with Gasteiger partial charge in [-0.15, -0.1) is 0 Å². The summed E-state index contributed by atoms with van der Waals surface area (Å²) in [4.78, 5) is 0. The van der Waals surface area contributed by atoms with E-state index in [2.05, 4.69) is 0 Å². The topological polar surface area (TPSA) is 52.6 Å². The van der Waals surface area contributed by atoms with Crippen molar-refractivity contribution in [3.63, 3.8) is 0 Å². The maximum atomic E-state index is 11.1. The average Bonchev–Trinajstić information content (AvgIpc) is 2.15. The smallest absolute Gasteiger partial charge is 0.236 e. The fourth-order valence-electron chi connectivity index (χ4n) is 1.63. The van der Waals surface area contributed by atoms with E-state index in [1.165, 1.54) is 20.3 Å². The molecule has 0 saturated carbocycles. The zero-order chi connectivity index (χ0) is 13.2. The summed E-state index contributed by atoms with van der Waals surface area (Å²) in [7, 11) is 4.47. The number of ether oxygens (including phenoxy) is 2. The number of methoxy groups -OCH3 is 2. The second kappa shape index (κ2) is 5.33. The van der Waals surface area contributed by atoms with Crippen molar-refractivity contribution in [2.45, 2.75) is 12.7 Å². The highest BCUT2D eigenvalue weighted by molar-refractivity contribution is 8.13. The molecule has 0 unspecified atom stereocenters. The van der Waals surface area contributed by atoms with E-state index in [1.54, 1.807) is 6.92 Å². The minimum atomic E-state index is -3.67. The molecule has 0 fully saturated rings. The second-order valence-electron chi connectivity index (χ2n) is 3.39. The van der Waals surface area contributed by atoms with E-state index >= 15 is 0 Å². The molecule has 4 nitrogen and oxygen atoms in total. The van der Waals surface area contributed by atoms with Crippen LogP contribution < -0.4 is 9.47 Å². The zero-order valence-corrected chi connectivity index (χ0v) is 11.9. The summed E-state index contributed by atoms with van der Waals surface area (Å²) in [6, 6.07) is 1.48. The predicted octanol–water partition coefficient (Wildman–Crippen LogP) is 2.73. The second-order valence-corrected chi connectivity index (χ2v) is 6.58. The Balaban J connectivity index is 3.42. The Morgan fingerprint density at radius 3 is 2.18 bits per heavy atom. The van der Waals surface area contributed by atoms with Crippen molar-refractivity contribution < 1.29 is 17.9 Å². The first-order valence-corrected chi connectivity index (χ1v) is 7.48. The fourth-order valence-corrected chi connectivity index (χ4v) is 2.92. The van der Waals surface area contributed by atoms with E-state index in [4.69, 9.17) is 31.8 Å². The minimum absolute atomic E-state index is 0.320. The Kier molecular flexibility index (Phi) is 4.52. The van der Waals surface area contributed by atoms with Gasteiger partial charge in [0.05, 0.1) is 25.0 Å².